The second kappa shape index (κ2) is 6.03. The maximum atomic E-state index is 11.6. The summed E-state index contributed by atoms with van der Waals surface area (Å²) in [5.74, 6) is -0.0740. The van der Waals surface area contributed by atoms with Crippen molar-refractivity contribution in [2.24, 2.45) is 0 Å². The highest BCUT2D eigenvalue weighted by molar-refractivity contribution is 5.92. The minimum absolute atomic E-state index is 0.145. The van der Waals surface area contributed by atoms with Crippen molar-refractivity contribution in [2.75, 3.05) is 13.2 Å². The lowest BCUT2D eigenvalue weighted by Gasteiger charge is -2.03. The number of rotatable bonds is 5. The van der Waals surface area contributed by atoms with Crippen LogP contribution in [0, 0.1) is 13.8 Å². The van der Waals surface area contributed by atoms with Gasteiger partial charge in [0.25, 0.3) is 5.91 Å². The normalized spacial score (nSPS) is 10.1. The summed E-state index contributed by atoms with van der Waals surface area (Å²) in [7, 11) is 0. The first kappa shape index (κ1) is 13.2. The van der Waals surface area contributed by atoms with Crippen molar-refractivity contribution in [2.45, 2.75) is 27.2 Å². The Labute approximate surface area is 99.4 Å². The lowest BCUT2D eigenvalue weighted by molar-refractivity contribution is -0.142. The van der Waals surface area contributed by atoms with E-state index in [2.05, 4.69) is 10.3 Å². The molecule has 0 saturated heterocycles. The van der Waals surface area contributed by atoms with Gasteiger partial charge in [0, 0.05) is 13.5 Å². The second-order valence-electron chi connectivity index (χ2n) is 3.46. The van der Waals surface area contributed by atoms with E-state index in [0.717, 1.165) is 0 Å². The number of ether oxygens (including phenoxy) is 1. The minimum atomic E-state index is -0.368. The topological polar surface area (TPSA) is 81.4 Å². The van der Waals surface area contributed by atoms with Crippen molar-refractivity contribution in [1.82, 2.24) is 10.3 Å². The van der Waals surface area contributed by atoms with E-state index >= 15 is 0 Å². The van der Waals surface area contributed by atoms with Crippen LogP contribution >= 0.6 is 0 Å². The predicted molar refractivity (Wildman–Crippen MR) is 59.6 cm³/mol. The summed E-state index contributed by atoms with van der Waals surface area (Å²) in [4.78, 5) is 26.6. The Kier molecular flexibility index (Phi) is 4.68. The van der Waals surface area contributed by atoms with Gasteiger partial charge in [0.05, 0.1) is 18.7 Å². The third-order valence-electron chi connectivity index (χ3n) is 2.03. The van der Waals surface area contributed by atoms with Gasteiger partial charge in [-0.25, -0.2) is 4.98 Å². The van der Waals surface area contributed by atoms with Crippen LogP contribution in [0.25, 0.3) is 0 Å². The Morgan fingerprint density at radius 2 is 2.12 bits per heavy atom. The number of nitrogens with zero attached hydrogens (tertiary/aromatic N) is 1. The molecule has 0 aliphatic heterocycles. The first-order chi connectivity index (χ1) is 8.04. The summed E-state index contributed by atoms with van der Waals surface area (Å²) in [5.41, 5.74) is 0.538. The smallest absolute Gasteiger partial charge is 0.307 e. The molecule has 94 valence electrons. The van der Waals surface area contributed by atoms with Crippen LogP contribution < -0.4 is 5.32 Å². The Morgan fingerprint density at radius 3 is 2.65 bits per heavy atom. The molecule has 0 atom stereocenters. The summed E-state index contributed by atoms with van der Waals surface area (Å²) >= 11 is 0. The monoisotopic (exact) mass is 240 g/mol. The molecule has 1 heterocycles. The van der Waals surface area contributed by atoms with Gasteiger partial charge in [0.2, 0.25) is 5.76 Å². The molecule has 0 aromatic carbocycles. The van der Waals surface area contributed by atoms with Gasteiger partial charge in [-0.3, -0.25) is 9.59 Å². The number of carbonyl (C=O) groups is 2. The maximum absolute atomic E-state index is 11.6. The molecule has 0 aliphatic rings. The molecule has 0 spiro atoms. The number of hydrogen-bond acceptors (Lipinski definition) is 5. The number of nitrogens with one attached hydrogen (secondary N) is 1. The summed E-state index contributed by atoms with van der Waals surface area (Å²) in [6.07, 6.45) is 0.145. The Hall–Kier alpha value is -1.85. The number of oxazole rings is 1. The van der Waals surface area contributed by atoms with Gasteiger partial charge in [-0.1, -0.05) is 0 Å². The van der Waals surface area contributed by atoms with Gasteiger partial charge in [0.15, 0.2) is 5.89 Å². The summed E-state index contributed by atoms with van der Waals surface area (Å²) in [5, 5.41) is 2.57. The van der Waals surface area contributed by atoms with Crippen LogP contribution in [-0.2, 0) is 9.53 Å². The Bertz CT molecular complexity index is 412. The van der Waals surface area contributed by atoms with Crippen molar-refractivity contribution in [1.29, 1.82) is 0 Å². The average Bonchev–Trinajstić information content (AvgIpc) is 2.58. The number of hydrogen-bond donors (Lipinski definition) is 1. The van der Waals surface area contributed by atoms with E-state index in [1.807, 2.05) is 0 Å². The molecule has 1 amide bonds. The highest BCUT2D eigenvalue weighted by atomic mass is 16.5. The molecule has 0 saturated carbocycles. The highest BCUT2D eigenvalue weighted by Gasteiger charge is 2.15. The van der Waals surface area contributed by atoms with Gasteiger partial charge in [0.1, 0.15) is 0 Å². The fourth-order valence-corrected chi connectivity index (χ4v) is 1.33. The molecule has 0 bridgehead atoms. The lowest BCUT2D eigenvalue weighted by atomic mass is 10.3. The lowest BCUT2D eigenvalue weighted by Crippen LogP contribution is -2.26. The second-order valence-corrected chi connectivity index (χ2v) is 3.46. The fourth-order valence-electron chi connectivity index (χ4n) is 1.33. The molecule has 1 N–H and O–H groups in total. The van der Waals surface area contributed by atoms with E-state index < -0.39 is 0 Å². The summed E-state index contributed by atoms with van der Waals surface area (Å²) < 4.78 is 9.87. The molecular formula is C11H16N2O4. The third kappa shape index (κ3) is 3.90. The first-order valence-corrected chi connectivity index (χ1v) is 5.42. The van der Waals surface area contributed by atoms with Crippen LogP contribution in [-0.4, -0.2) is 30.0 Å². The van der Waals surface area contributed by atoms with Crippen LogP contribution in [0.1, 0.15) is 35.5 Å². The molecule has 1 rings (SSSR count). The molecule has 1 aromatic heterocycles. The van der Waals surface area contributed by atoms with E-state index in [4.69, 9.17) is 9.15 Å². The zero-order chi connectivity index (χ0) is 12.8. The van der Waals surface area contributed by atoms with Gasteiger partial charge < -0.3 is 14.5 Å². The third-order valence-corrected chi connectivity index (χ3v) is 2.03. The number of aryl methyl sites for hydroxylation is 2. The standard InChI is InChI=1S/C11H16N2O4/c1-4-16-9(14)5-6-12-11(15)10-7(2)13-8(3)17-10/h4-6H2,1-3H3,(H,12,15). The molecule has 0 aliphatic carbocycles. The summed E-state index contributed by atoms with van der Waals surface area (Å²) in [6, 6.07) is 0. The molecular weight excluding hydrogens is 224 g/mol. The molecule has 6 heteroatoms. The highest BCUT2D eigenvalue weighted by Crippen LogP contribution is 2.08. The van der Waals surface area contributed by atoms with Crippen molar-refractivity contribution in [3.8, 4) is 0 Å². The quantitative estimate of drug-likeness (QED) is 0.776. The average molecular weight is 240 g/mol. The van der Waals surface area contributed by atoms with Crippen molar-refractivity contribution < 1.29 is 18.7 Å². The molecule has 0 unspecified atom stereocenters. The minimum Gasteiger partial charge on any atom is -0.466 e. The van der Waals surface area contributed by atoms with Gasteiger partial charge >= 0.3 is 5.97 Å². The molecule has 6 nitrogen and oxygen atoms in total. The van der Waals surface area contributed by atoms with Gasteiger partial charge in [-0.05, 0) is 13.8 Å². The zero-order valence-electron chi connectivity index (χ0n) is 10.2. The van der Waals surface area contributed by atoms with Gasteiger partial charge in [-0.15, -0.1) is 0 Å². The molecule has 0 fully saturated rings. The van der Waals surface area contributed by atoms with Crippen LogP contribution in [0.4, 0.5) is 0 Å². The van der Waals surface area contributed by atoms with Crippen LogP contribution in [0.2, 0.25) is 0 Å². The first-order valence-electron chi connectivity index (χ1n) is 5.42. The van der Waals surface area contributed by atoms with Crippen LogP contribution in [0.3, 0.4) is 0 Å². The molecule has 1 aromatic rings. The van der Waals surface area contributed by atoms with Crippen LogP contribution in [0.5, 0.6) is 0 Å². The fraction of sp³-hybridized carbons (Fsp3) is 0.545. The zero-order valence-corrected chi connectivity index (χ0v) is 10.2. The Balaban J connectivity index is 2.40. The molecule has 0 radical (unpaired) electrons. The number of carbonyl (C=O) groups excluding carboxylic acids is 2. The van der Waals surface area contributed by atoms with E-state index in [9.17, 15) is 9.59 Å². The van der Waals surface area contributed by atoms with E-state index in [1.54, 1.807) is 20.8 Å². The molecule has 17 heavy (non-hydrogen) atoms. The van der Waals surface area contributed by atoms with E-state index in [0.29, 0.717) is 18.2 Å². The van der Waals surface area contributed by atoms with E-state index in [-0.39, 0.29) is 30.6 Å². The van der Waals surface area contributed by atoms with Crippen molar-refractivity contribution in [3.05, 3.63) is 17.3 Å². The maximum Gasteiger partial charge on any atom is 0.307 e. The Morgan fingerprint density at radius 1 is 1.41 bits per heavy atom. The predicted octanol–water partition coefficient (Wildman–Crippen LogP) is 0.974. The SMILES string of the molecule is CCOC(=O)CCNC(=O)c1oc(C)nc1C. The summed E-state index contributed by atoms with van der Waals surface area (Å²) in [6.45, 7) is 5.65. The number of aromatic nitrogens is 1. The van der Waals surface area contributed by atoms with E-state index in [1.165, 1.54) is 0 Å². The van der Waals surface area contributed by atoms with Crippen molar-refractivity contribution in [3.63, 3.8) is 0 Å². The van der Waals surface area contributed by atoms with Gasteiger partial charge in [-0.2, -0.15) is 0 Å². The number of esters is 1. The van der Waals surface area contributed by atoms with Crippen molar-refractivity contribution >= 4 is 11.9 Å². The van der Waals surface area contributed by atoms with Crippen LogP contribution in [0.15, 0.2) is 4.42 Å². The largest absolute Gasteiger partial charge is 0.466 e. The number of amides is 1.